The first-order valence-electron chi connectivity index (χ1n) is 15.6. The second-order valence-electron chi connectivity index (χ2n) is 12.4. The summed E-state index contributed by atoms with van der Waals surface area (Å²) in [4.78, 5) is 6.46. The fourth-order valence-electron chi connectivity index (χ4n) is 8.09. The molecule has 0 spiro atoms. The number of fused-ring (bicyclic) bond motifs is 11. The molecule has 0 saturated carbocycles. The molecule has 2 aliphatic carbocycles. The molecule has 210 valence electrons. The summed E-state index contributed by atoms with van der Waals surface area (Å²) in [5.74, 6) is 1.96. The molecular formula is C40H28N2OS. The molecule has 1 unspecified atom stereocenters. The van der Waals surface area contributed by atoms with Gasteiger partial charge in [-0.25, -0.2) is 0 Å². The van der Waals surface area contributed by atoms with Gasteiger partial charge in [-0.2, -0.15) is 10.9 Å². The number of hydrogen-bond donors (Lipinski definition) is 1. The molecular weight excluding hydrogens is 557 g/mol. The van der Waals surface area contributed by atoms with Gasteiger partial charge in [0.25, 0.3) is 0 Å². The van der Waals surface area contributed by atoms with Gasteiger partial charge in [0.15, 0.2) is 0 Å². The van der Waals surface area contributed by atoms with Crippen molar-refractivity contribution in [3.8, 4) is 17.2 Å². The molecule has 0 radical (unpaired) electrons. The average molecular weight is 585 g/mol. The number of rotatable bonds is 2. The number of thiol groups is 1. The van der Waals surface area contributed by atoms with Crippen LogP contribution in [0.3, 0.4) is 0 Å². The number of nitrogens with zero attached hydrogens (tertiary/aromatic N) is 2. The van der Waals surface area contributed by atoms with E-state index in [-0.39, 0.29) is 0 Å². The van der Waals surface area contributed by atoms with Crippen LogP contribution in [-0.4, -0.2) is 4.57 Å². The number of hydrogen-bond acceptors (Lipinski definition) is 2. The smallest absolute Gasteiger partial charge is 0.144 e. The van der Waals surface area contributed by atoms with Crippen molar-refractivity contribution in [3.05, 3.63) is 138 Å². The molecule has 1 atom stereocenters. The Labute approximate surface area is 258 Å². The van der Waals surface area contributed by atoms with Gasteiger partial charge < -0.3 is 14.2 Å². The van der Waals surface area contributed by atoms with Crippen LogP contribution in [0.5, 0.6) is 11.5 Å². The third kappa shape index (κ3) is 2.90. The van der Waals surface area contributed by atoms with E-state index in [0.717, 1.165) is 24.3 Å². The number of benzene rings is 6. The van der Waals surface area contributed by atoms with E-state index >= 15 is 0 Å². The molecule has 4 aliphatic rings. The molecule has 11 rings (SSSR count). The second kappa shape index (κ2) is 8.37. The zero-order valence-corrected chi connectivity index (χ0v) is 24.9. The molecule has 6 aromatic carbocycles. The van der Waals surface area contributed by atoms with Crippen LogP contribution in [0.1, 0.15) is 22.3 Å². The Morgan fingerprint density at radius 3 is 1.89 bits per heavy atom. The summed E-state index contributed by atoms with van der Waals surface area (Å²) < 4.78 is 9.50. The topological polar surface area (TPSA) is 17.4 Å². The van der Waals surface area contributed by atoms with Gasteiger partial charge in [0.2, 0.25) is 0 Å². The maximum Gasteiger partial charge on any atom is 0.144 e. The highest BCUT2D eigenvalue weighted by Crippen LogP contribution is 2.70. The van der Waals surface area contributed by atoms with E-state index in [0.29, 0.717) is 0 Å². The summed E-state index contributed by atoms with van der Waals surface area (Å²) in [5, 5.41) is 2.75. The molecule has 0 N–H and O–H groups in total. The average Bonchev–Trinajstić information content (AvgIpc) is 3.33. The standard InChI is InChI=1S/C40H28N2OS/c1-2-8-26(9-3-1)41-32-10-4-6-12-36(32)44-37-13-7-5-11-34(37)43-35-23-27(22-33(41)40(35)44)42-38-28-18-14-24(28)16-20-30(38)31-21-17-25-15-19-29(25)39(31)42/h1-13,16-17,20-23,44H,14-15,18-19H2. The number of para-hydroxylation sites is 3. The molecule has 3 nitrogen and oxygen atoms in total. The quantitative estimate of drug-likeness (QED) is 0.204. The lowest BCUT2D eigenvalue weighted by Gasteiger charge is -2.43. The summed E-state index contributed by atoms with van der Waals surface area (Å²) in [6.45, 7) is 0. The summed E-state index contributed by atoms with van der Waals surface area (Å²) in [6, 6.07) is 42.8. The Kier molecular flexibility index (Phi) is 4.47. The van der Waals surface area contributed by atoms with E-state index in [1.807, 2.05) is 0 Å². The van der Waals surface area contributed by atoms with Crippen molar-refractivity contribution in [1.82, 2.24) is 4.57 Å². The van der Waals surface area contributed by atoms with Crippen molar-refractivity contribution in [1.29, 1.82) is 0 Å². The van der Waals surface area contributed by atoms with Gasteiger partial charge >= 0.3 is 0 Å². The maximum absolute atomic E-state index is 6.90. The number of aryl methyl sites for hydroxylation is 4. The highest BCUT2D eigenvalue weighted by molar-refractivity contribution is 8.17. The summed E-state index contributed by atoms with van der Waals surface area (Å²) in [5.41, 5.74) is 13.6. The first-order chi connectivity index (χ1) is 21.8. The van der Waals surface area contributed by atoms with E-state index in [4.69, 9.17) is 4.74 Å². The van der Waals surface area contributed by atoms with Crippen LogP contribution in [-0.2, 0) is 25.7 Å². The zero-order valence-electron chi connectivity index (χ0n) is 24.0. The number of aromatic nitrogens is 1. The number of ether oxygens (including phenoxy) is 1. The molecule has 3 heterocycles. The van der Waals surface area contributed by atoms with E-state index < -0.39 is 10.9 Å². The minimum atomic E-state index is -0.783. The largest absolute Gasteiger partial charge is 0.455 e. The lowest BCUT2D eigenvalue weighted by molar-refractivity contribution is 0.453. The first kappa shape index (κ1) is 23.5. The molecule has 44 heavy (non-hydrogen) atoms. The summed E-state index contributed by atoms with van der Waals surface area (Å²) >= 11 is 0. The Morgan fingerprint density at radius 2 is 1.18 bits per heavy atom. The van der Waals surface area contributed by atoms with Gasteiger partial charge in [-0.3, -0.25) is 0 Å². The monoisotopic (exact) mass is 584 g/mol. The van der Waals surface area contributed by atoms with Gasteiger partial charge in [0, 0.05) is 32.3 Å². The van der Waals surface area contributed by atoms with Gasteiger partial charge in [-0.15, -0.1) is 0 Å². The Bertz CT molecular complexity index is 2320. The maximum atomic E-state index is 6.90. The van der Waals surface area contributed by atoms with Crippen molar-refractivity contribution < 1.29 is 4.74 Å². The van der Waals surface area contributed by atoms with Crippen molar-refractivity contribution in [3.63, 3.8) is 0 Å². The molecule has 0 bridgehead atoms. The summed E-state index contributed by atoms with van der Waals surface area (Å²) in [7, 11) is -0.783. The predicted octanol–water partition coefficient (Wildman–Crippen LogP) is 10.3. The van der Waals surface area contributed by atoms with Crippen LogP contribution < -0.4 is 9.64 Å². The van der Waals surface area contributed by atoms with Gasteiger partial charge in [-0.05, 0) is 90.4 Å². The van der Waals surface area contributed by atoms with E-state index in [9.17, 15) is 0 Å². The van der Waals surface area contributed by atoms with Crippen LogP contribution >= 0.6 is 10.9 Å². The van der Waals surface area contributed by atoms with E-state index in [1.54, 1.807) is 0 Å². The molecule has 0 saturated heterocycles. The Balaban J connectivity index is 1.28. The van der Waals surface area contributed by atoms with Crippen LogP contribution in [0.4, 0.5) is 17.1 Å². The number of anilines is 3. The van der Waals surface area contributed by atoms with Crippen molar-refractivity contribution in [2.75, 3.05) is 4.90 Å². The van der Waals surface area contributed by atoms with Gasteiger partial charge in [-0.1, -0.05) is 66.7 Å². The van der Waals surface area contributed by atoms with Crippen molar-refractivity contribution in [2.24, 2.45) is 0 Å². The van der Waals surface area contributed by atoms with Crippen LogP contribution in [0.25, 0.3) is 27.5 Å². The van der Waals surface area contributed by atoms with Crippen molar-refractivity contribution >= 4 is 49.8 Å². The lowest BCUT2D eigenvalue weighted by Crippen LogP contribution is -2.20. The first-order valence-corrected chi connectivity index (χ1v) is 17.0. The minimum Gasteiger partial charge on any atom is -0.455 e. The molecule has 4 heteroatoms. The predicted molar refractivity (Wildman–Crippen MR) is 181 cm³/mol. The van der Waals surface area contributed by atoms with Crippen molar-refractivity contribution in [2.45, 2.75) is 40.4 Å². The van der Waals surface area contributed by atoms with Gasteiger partial charge in [0.1, 0.15) is 11.5 Å². The van der Waals surface area contributed by atoms with E-state index in [1.165, 1.54) is 94.3 Å². The fraction of sp³-hybridized carbons (Fsp3) is 0.100. The molecule has 1 aromatic heterocycles. The fourth-order valence-corrected chi connectivity index (χ4v) is 10.8. The Hall–Kier alpha value is -4.93. The SMILES string of the molecule is c1ccc(N2c3ccccc3[SH]3c4ccccc4Oc4cc(-n5c6c7c(ccc6c6ccc8c(c65)CC8)CC7)cc2c43)cc1. The highest BCUT2D eigenvalue weighted by atomic mass is 32.2. The van der Waals surface area contributed by atoms with Gasteiger partial charge in [0.05, 0.1) is 33.0 Å². The van der Waals surface area contributed by atoms with E-state index in [2.05, 4.69) is 125 Å². The second-order valence-corrected chi connectivity index (χ2v) is 14.5. The van der Waals surface area contributed by atoms with Crippen LogP contribution in [0.2, 0.25) is 0 Å². The third-order valence-electron chi connectivity index (χ3n) is 10.3. The van der Waals surface area contributed by atoms with Crippen LogP contribution in [0.15, 0.2) is 130 Å². The molecule has 0 fully saturated rings. The lowest BCUT2D eigenvalue weighted by atomic mass is 9.85. The third-order valence-corrected chi connectivity index (χ3v) is 12.9. The minimum absolute atomic E-state index is 0.783. The molecule has 0 amide bonds. The highest BCUT2D eigenvalue weighted by Gasteiger charge is 2.38. The normalized spacial score (nSPS) is 17.5. The molecule has 7 aromatic rings. The molecule has 2 aliphatic heterocycles. The zero-order chi connectivity index (χ0) is 28.5. The Morgan fingerprint density at radius 1 is 0.523 bits per heavy atom. The van der Waals surface area contributed by atoms with Crippen LogP contribution in [0, 0.1) is 0 Å². The summed E-state index contributed by atoms with van der Waals surface area (Å²) in [6.07, 6.45) is 4.62.